The minimum atomic E-state index is -0.462. The molecule has 0 aliphatic carbocycles. The molecule has 1 heterocycles. The second-order valence-corrected chi connectivity index (χ2v) is 5.12. The minimum absolute atomic E-state index is 0.462. The molecule has 0 bridgehead atoms. The molecule has 0 aliphatic heterocycles. The Hall–Kier alpha value is -0.400. The molecule has 2 nitrogen and oxygen atoms in total. The Morgan fingerprint density at radius 3 is 2.73 bits per heavy atom. The van der Waals surface area contributed by atoms with Crippen LogP contribution in [0.3, 0.4) is 0 Å². The van der Waals surface area contributed by atoms with E-state index in [4.69, 9.17) is 5.26 Å². The predicted octanol–water partition coefficient (Wildman–Crippen LogP) is 2.71. The zero-order chi connectivity index (χ0) is 8.48. The fraction of sp³-hybridized carbons (Fsp3) is 0.429. The molecule has 0 radical (unpaired) electrons. The summed E-state index contributed by atoms with van der Waals surface area (Å²) in [5, 5.41) is 9.61. The molecule has 0 atom stereocenters. The predicted molar refractivity (Wildman–Crippen MR) is 48.5 cm³/mol. The summed E-state index contributed by atoms with van der Waals surface area (Å²) in [5.41, 5.74) is -0.462. The lowest BCUT2D eigenvalue weighted by molar-refractivity contribution is 0.680. The van der Waals surface area contributed by atoms with Gasteiger partial charge in [-0.15, -0.1) is 11.3 Å². The smallest absolute Gasteiger partial charge is 0.113 e. The summed E-state index contributed by atoms with van der Waals surface area (Å²) in [6.45, 7) is 3.72. The molecule has 0 aromatic carbocycles. The van der Waals surface area contributed by atoms with Crippen molar-refractivity contribution in [2.75, 3.05) is 0 Å². The van der Waals surface area contributed by atoms with Crippen LogP contribution in [0, 0.1) is 11.3 Å². The van der Waals surface area contributed by atoms with E-state index in [0.29, 0.717) is 0 Å². The molecule has 1 aromatic rings. The minimum Gasteiger partial charge on any atom is -0.247 e. The van der Waals surface area contributed by atoms with Crippen molar-refractivity contribution in [3.63, 3.8) is 0 Å². The first-order valence-corrected chi connectivity index (χ1v) is 4.70. The van der Waals surface area contributed by atoms with Gasteiger partial charge in [0.15, 0.2) is 0 Å². The number of hydrogen-bond acceptors (Lipinski definition) is 3. The van der Waals surface area contributed by atoms with Crippen LogP contribution in [0.4, 0.5) is 0 Å². The van der Waals surface area contributed by atoms with Crippen molar-refractivity contribution in [2.45, 2.75) is 19.3 Å². The maximum absolute atomic E-state index is 8.76. The first-order chi connectivity index (χ1) is 5.06. The molecular weight excluding hydrogens is 224 g/mol. The van der Waals surface area contributed by atoms with Crippen LogP contribution in [-0.4, -0.2) is 4.98 Å². The summed E-state index contributed by atoms with van der Waals surface area (Å²) in [6.07, 6.45) is 1.72. The second kappa shape index (κ2) is 2.92. The van der Waals surface area contributed by atoms with Gasteiger partial charge in [-0.2, -0.15) is 5.26 Å². The molecule has 1 rings (SSSR count). The van der Waals surface area contributed by atoms with E-state index in [9.17, 15) is 0 Å². The Labute approximate surface area is 78.0 Å². The van der Waals surface area contributed by atoms with Gasteiger partial charge in [-0.1, -0.05) is 0 Å². The fourth-order valence-electron chi connectivity index (χ4n) is 0.591. The van der Waals surface area contributed by atoms with Gasteiger partial charge in [0, 0.05) is 0 Å². The summed E-state index contributed by atoms with van der Waals surface area (Å²) in [6, 6.07) is 2.20. The van der Waals surface area contributed by atoms with Gasteiger partial charge in [-0.05, 0) is 29.8 Å². The highest BCUT2D eigenvalue weighted by atomic mass is 79.9. The van der Waals surface area contributed by atoms with E-state index in [-0.39, 0.29) is 0 Å². The third kappa shape index (κ3) is 1.79. The number of halogens is 1. The summed E-state index contributed by atoms with van der Waals surface area (Å²) in [5.74, 6) is 0. The zero-order valence-electron chi connectivity index (χ0n) is 6.26. The van der Waals surface area contributed by atoms with Crippen LogP contribution in [0.5, 0.6) is 0 Å². The Balaban J connectivity index is 3.04. The highest BCUT2D eigenvalue weighted by molar-refractivity contribution is 9.11. The molecule has 0 saturated heterocycles. The molecule has 1 aromatic heterocycles. The van der Waals surface area contributed by atoms with Crippen molar-refractivity contribution in [1.82, 2.24) is 4.98 Å². The fourth-order valence-corrected chi connectivity index (χ4v) is 1.85. The summed E-state index contributed by atoms with van der Waals surface area (Å²) < 4.78 is 0.968. The Bertz CT molecular complexity index is 298. The van der Waals surface area contributed by atoms with E-state index in [1.165, 1.54) is 11.3 Å². The molecular formula is C7H7BrN2S. The second-order valence-electron chi connectivity index (χ2n) is 2.71. The van der Waals surface area contributed by atoms with Gasteiger partial charge in [-0.25, -0.2) is 4.98 Å². The SMILES string of the molecule is CC(C)(C#N)c1ncc(Br)s1. The monoisotopic (exact) mass is 230 g/mol. The van der Waals surface area contributed by atoms with Crippen LogP contribution >= 0.6 is 27.3 Å². The molecule has 0 N–H and O–H groups in total. The van der Waals surface area contributed by atoms with Gasteiger partial charge in [0.05, 0.1) is 16.1 Å². The summed E-state index contributed by atoms with van der Waals surface area (Å²) in [4.78, 5) is 4.11. The normalized spacial score (nSPS) is 11.1. The van der Waals surface area contributed by atoms with Gasteiger partial charge >= 0.3 is 0 Å². The summed E-state index contributed by atoms with van der Waals surface area (Å²) >= 11 is 4.80. The van der Waals surface area contributed by atoms with Crippen molar-refractivity contribution in [3.8, 4) is 6.07 Å². The zero-order valence-corrected chi connectivity index (χ0v) is 8.66. The van der Waals surface area contributed by atoms with E-state index in [1.807, 2.05) is 13.8 Å². The molecule has 4 heteroatoms. The first-order valence-electron chi connectivity index (χ1n) is 3.09. The molecule has 0 aliphatic rings. The maximum atomic E-state index is 8.76. The molecule has 0 fully saturated rings. The molecule has 0 amide bonds. The van der Waals surface area contributed by atoms with Gasteiger partial charge in [0.25, 0.3) is 0 Å². The van der Waals surface area contributed by atoms with Crippen LogP contribution in [0.1, 0.15) is 18.9 Å². The number of rotatable bonds is 1. The average molecular weight is 231 g/mol. The van der Waals surface area contributed by atoms with E-state index in [0.717, 1.165) is 8.79 Å². The van der Waals surface area contributed by atoms with Crippen LogP contribution < -0.4 is 0 Å². The quantitative estimate of drug-likeness (QED) is 0.745. The molecule has 0 unspecified atom stereocenters. The van der Waals surface area contributed by atoms with E-state index in [2.05, 4.69) is 27.0 Å². The maximum Gasteiger partial charge on any atom is 0.113 e. The highest BCUT2D eigenvalue weighted by Crippen LogP contribution is 2.29. The summed E-state index contributed by atoms with van der Waals surface area (Å²) in [7, 11) is 0. The van der Waals surface area contributed by atoms with E-state index < -0.39 is 5.41 Å². The highest BCUT2D eigenvalue weighted by Gasteiger charge is 2.23. The van der Waals surface area contributed by atoms with E-state index in [1.54, 1.807) is 6.20 Å². The van der Waals surface area contributed by atoms with Crippen LogP contribution in [0.15, 0.2) is 9.98 Å². The number of nitrogens with zero attached hydrogens (tertiary/aromatic N) is 2. The van der Waals surface area contributed by atoms with E-state index >= 15 is 0 Å². The molecule has 11 heavy (non-hydrogen) atoms. The third-order valence-electron chi connectivity index (χ3n) is 1.29. The molecule has 0 saturated carbocycles. The van der Waals surface area contributed by atoms with Crippen molar-refractivity contribution < 1.29 is 0 Å². The topological polar surface area (TPSA) is 36.7 Å². The third-order valence-corrected chi connectivity index (χ3v) is 3.09. The van der Waals surface area contributed by atoms with Crippen LogP contribution in [0.25, 0.3) is 0 Å². The number of hydrogen-bond donors (Lipinski definition) is 0. The van der Waals surface area contributed by atoms with Gasteiger partial charge in [0.2, 0.25) is 0 Å². The largest absolute Gasteiger partial charge is 0.247 e. The number of aromatic nitrogens is 1. The van der Waals surface area contributed by atoms with Gasteiger partial charge < -0.3 is 0 Å². The Morgan fingerprint density at radius 2 is 2.36 bits per heavy atom. The standard InChI is InChI=1S/C7H7BrN2S/c1-7(2,4-9)6-10-3-5(8)11-6/h3H,1-2H3. The molecule has 0 spiro atoms. The Morgan fingerprint density at radius 1 is 1.73 bits per heavy atom. The van der Waals surface area contributed by atoms with Gasteiger partial charge in [0.1, 0.15) is 10.4 Å². The lowest BCUT2D eigenvalue weighted by atomic mass is 9.97. The molecule has 58 valence electrons. The average Bonchev–Trinajstić information content (AvgIpc) is 2.36. The van der Waals surface area contributed by atoms with Gasteiger partial charge in [-0.3, -0.25) is 0 Å². The number of thiazole rings is 1. The number of nitriles is 1. The van der Waals surface area contributed by atoms with Crippen molar-refractivity contribution in [1.29, 1.82) is 5.26 Å². The van der Waals surface area contributed by atoms with Crippen molar-refractivity contribution in [3.05, 3.63) is 15.0 Å². The van der Waals surface area contributed by atoms with Crippen molar-refractivity contribution in [2.24, 2.45) is 0 Å². The van der Waals surface area contributed by atoms with Crippen LogP contribution in [-0.2, 0) is 5.41 Å². The Kier molecular flexibility index (Phi) is 2.31. The van der Waals surface area contributed by atoms with Crippen molar-refractivity contribution >= 4 is 27.3 Å². The first kappa shape index (κ1) is 8.69. The lowest BCUT2D eigenvalue weighted by Crippen LogP contribution is -2.12. The van der Waals surface area contributed by atoms with Crippen LogP contribution in [0.2, 0.25) is 0 Å². The lowest BCUT2D eigenvalue weighted by Gasteiger charge is -2.09.